The average molecular weight is 261 g/mol. The number of carbonyl (C=O) groups excluding carboxylic acids is 1. The van der Waals surface area contributed by atoms with E-state index in [4.69, 9.17) is 11.5 Å². The van der Waals surface area contributed by atoms with E-state index in [1.165, 1.54) is 25.7 Å². The molecule has 0 aromatic heterocycles. The van der Waals surface area contributed by atoms with E-state index < -0.39 is 5.91 Å². The fourth-order valence-electron chi connectivity index (χ4n) is 2.89. The zero-order valence-electron chi connectivity index (χ0n) is 11.6. The van der Waals surface area contributed by atoms with Crippen molar-refractivity contribution >= 4 is 17.3 Å². The van der Waals surface area contributed by atoms with Crippen molar-refractivity contribution in [3.05, 3.63) is 23.8 Å². The first kappa shape index (κ1) is 13.7. The number of nitrogen functional groups attached to an aromatic ring is 1. The Balaban J connectivity index is 2.30. The van der Waals surface area contributed by atoms with Gasteiger partial charge < -0.3 is 16.4 Å². The van der Waals surface area contributed by atoms with Gasteiger partial charge in [-0.1, -0.05) is 19.8 Å². The molecule has 19 heavy (non-hydrogen) atoms. The number of nitrogens with zero attached hydrogens (tertiary/aromatic N) is 1. The van der Waals surface area contributed by atoms with E-state index in [1.54, 1.807) is 12.1 Å². The van der Waals surface area contributed by atoms with E-state index >= 15 is 0 Å². The molecular weight excluding hydrogens is 238 g/mol. The van der Waals surface area contributed by atoms with Crippen LogP contribution in [0.25, 0.3) is 0 Å². The van der Waals surface area contributed by atoms with Crippen molar-refractivity contribution in [2.45, 2.75) is 45.1 Å². The van der Waals surface area contributed by atoms with E-state index in [0.717, 1.165) is 18.7 Å². The number of rotatable bonds is 3. The molecule has 0 aliphatic carbocycles. The lowest BCUT2D eigenvalue weighted by molar-refractivity contribution is 0.100. The van der Waals surface area contributed by atoms with Gasteiger partial charge in [-0.3, -0.25) is 4.79 Å². The van der Waals surface area contributed by atoms with Crippen LogP contribution in [-0.4, -0.2) is 18.5 Å². The van der Waals surface area contributed by atoms with Crippen molar-refractivity contribution in [2.24, 2.45) is 5.73 Å². The van der Waals surface area contributed by atoms with Crippen LogP contribution in [0.5, 0.6) is 0 Å². The Morgan fingerprint density at radius 3 is 2.79 bits per heavy atom. The third kappa shape index (κ3) is 3.00. The summed E-state index contributed by atoms with van der Waals surface area (Å²) >= 11 is 0. The van der Waals surface area contributed by atoms with Crippen molar-refractivity contribution in [2.75, 3.05) is 17.2 Å². The normalized spacial score (nSPS) is 20.1. The number of benzene rings is 1. The third-order valence-electron chi connectivity index (χ3n) is 3.97. The van der Waals surface area contributed by atoms with Crippen molar-refractivity contribution in [3.63, 3.8) is 0 Å². The van der Waals surface area contributed by atoms with Crippen LogP contribution in [0.15, 0.2) is 18.2 Å². The summed E-state index contributed by atoms with van der Waals surface area (Å²) in [6.45, 7) is 3.26. The zero-order chi connectivity index (χ0) is 13.8. The van der Waals surface area contributed by atoms with Gasteiger partial charge in [-0.2, -0.15) is 0 Å². The molecule has 1 aliphatic heterocycles. The predicted molar refractivity (Wildman–Crippen MR) is 79.3 cm³/mol. The van der Waals surface area contributed by atoms with Crippen molar-refractivity contribution < 1.29 is 4.79 Å². The number of carbonyl (C=O) groups is 1. The molecule has 1 atom stereocenters. The van der Waals surface area contributed by atoms with E-state index in [9.17, 15) is 4.79 Å². The molecule has 0 saturated carbocycles. The van der Waals surface area contributed by atoms with Gasteiger partial charge in [0.25, 0.3) is 0 Å². The highest BCUT2D eigenvalue weighted by Crippen LogP contribution is 2.30. The van der Waals surface area contributed by atoms with Gasteiger partial charge in [0.1, 0.15) is 0 Å². The first-order valence-electron chi connectivity index (χ1n) is 7.09. The molecule has 1 aromatic rings. The SMILES string of the molecule is CCC1CCCCCN1c1ccc(C(N)=O)cc1N. The lowest BCUT2D eigenvalue weighted by atomic mass is 10.1. The molecule has 4 heteroatoms. The van der Waals surface area contributed by atoms with Crippen molar-refractivity contribution in [1.82, 2.24) is 0 Å². The molecular formula is C15H23N3O. The first-order chi connectivity index (χ1) is 9.13. The van der Waals surface area contributed by atoms with E-state index in [2.05, 4.69) is 11.8 Å². The molecule has 0 radical (unpaired) electrons. The molecule has 1 amide bonds. The van der Waals surface area contributed by atoms with E-state index in [1.807, 2.05) is 6.07 Å². The van der Waals surface area contributed by atoms with Crippen molar-refractivity contribution in [1.29, 1.82) is 0 Å². The molecule has 1 aromatic carbocycles. The number of hydrogen-bond acceptors (Lipinski definition) is 3. The summed E-state index contributed by atoms with van der Waals surface area (Å²) in [5.41, 5.74) is 13.6. The Labute approximate surface area is 114 Å². The zero-order valence-corrected chi connectivity index (χ0v) is 11.6. The molecule has 4 nitrogen and oxygen atoms in total. The van der Waals surface area contributed by atoms with Crippen LogP contribution >= 0.6 is 0 Å². The second-order valence-corrected chi connectivity index (χ2v) is 5.24. The minimum atomic E-state index is -0.429. The summed E-state index contributed by atoms with van der Waals surface area (Å²) < 4.78 is 0. The third-order valence-corrected chi connectivity index (χ3v) is 3.97. The molecule has 0 bridgehead atoms. The Morgan fingerprint density at radius 2 is 2.16 bits per heavy atom. The topological polar surface area (TPSA) is 72.3 Å². The fraction of sp³-hybridized carbons (Fsp3) is 0.533. The maximum Gasteiger partial charge on any atom is 0.248 e. The van der Waals surface area contributed by atoms with Crippen LogP contribution in [0.2, 0.25) is 0 Å². The molecule has 0 spiro atoms. The first-order valence-corrected chi connectivity index (χ1v) is 7.09. The van der Waals surface area contributed by atoms with Gasteiger partial charge in [-0.25, -0.2) is 0 Å². The van der Waals surface area contributed by atoms with Crippen LogP contribution in [0.4, 0.5) is 11.4 Å². The summed E-state index contributed by atoms with van der Waals surface area (Å²) in [5, 5.41) is 0. The summed E-state index contributed by atoms with van der Waals surface area (Å²) in [6, 6.07) is 5.94. The molecule has 1 saturated heterocycles. The van der Waals surface area contributed by atoms with Crippen molar-refractivity contribution in [3.8, 4) is 0 Å². The monoisotopic (exact) mass is 261 g/mol. The summed E-state index contributed by atoms with van der Waals surface area (Å²) in [5.74, 6) is -0.429. The second-order valence-electron chi connectivity index (χ2n) is 5.24. The summed E-state index contributed by atoms with van der Waals surface area (Å²) in [6.07, 6.45) is 6.11. The molecule has 1 aliphatic rings. The maximum absolute atomic E-state index is 11.2. The Hall–Kier alpha value is -1.71. The lowest BCUT2D eigenvalue weighted by Crippen LogP contribution is -2.35. The summed E-state index contributed by atoms with van der Waals surface area (Å²) in [7, 11) is 0. The number of anilines is 2. The number of amides is 1. The molecule has 1 heterocycles. The van der Waals surface area contributed by atoms with Gasteiger partial charge in [0, 0.05) is 18.2 Å². The fourth-order valence-corrected chi connectivity index (χ4v) is 2.89. The molecule has 4 N–H and O–H groups in total. The van der Waals surface area contributed by atoms with Crippen LogP contribution in [-0.2, 0) is 0 Å². The average Bonchev–Trinajstić information content (AvgIpc) is 2.63. The van der Waals surface area contributed by atoms with Crippen LogP contribution < -0.4 is 16.4 Å². The molecule has 1 unspecified atom stereocenters. The van der Waals surface area contributed by atoms with Gasteiger partial charge in [0.2, 0.25) is 5.91 Å². The highest BCUT2D eigenvalue weighted by atomic mass is 16.1. The Kier molecular flexibility index (Phi) is 4.30. The largest absolute Gasteiger partial charge is 0.397 e. The molecule has 104 valence electrons. The smallest absolute Gasteiger partial charge is 0.248 e. The van der Waals surface area contributed by atoms with Crippen LogP contribution in [0.1, 0.15) is 49.4 Å². The quantitative estimate of drug-likeness (QED) is 0.821. The van der Waals surface area contributed by atoms with Gasteiger partial charge in [-0.15, -0.1) is 0 Å². The Bertz CT molecular complexity index is 459. The number of primary amides is 1. The Morgan fingerprint density at radius 1 is 1.37 bits per heavy atom. The van der Waals surface area contributed by atoms with E-state index in [0.29, 0.717) is 17.3 Å². The minimum Gasteiger partial charge on any atom is -0.397 e. The summed E-state index contributed by atoms with van der Waals surface area (Å²) in [4.78, 5) is 13.6. The predicted octanol–water partition coefficient (Wildman–Crippen LogP) is 2.53. The highest BCUT2D eigenvalue weighted by Gasteiger charge is 2.21. The lowest BCUT2D eigenvalue weighted by Gasteiger charge is -2.32. The standard InChI is InChI=1S/C15H23N3O/c1-2-12-6-4-3-5-9-18(12)14-8-7-11(15(17)19)10-13(14)16/h7-8,10,12H,2-6,9,16H2,1H3,(H2,17,19). The number of nitrogens with two attached hydrogens (primary N) is 2. The molecule has 1 fully saturated rings. The van der Waals surface area contributed by atoms with Gasteiger partial charge in [-0.05, 0) is 37.5 Å². The maximum atomic E-state index is 11.2. The highest BCUT2D eigenvalue weighted by molar-refractivity contribution is 5.94. The molecule has 2 rings (SSSR count). The van der Waals surface area contributed by atoms with E-state index in [-0.39, 0.29) is 0 Å². The van der Waals surface area contributed by atoms with Crippen LogP contribution in [0.3, 0.4) is 0 Å². The van der Waals surface area contributed by atoms with Gasteiger partial charge >= 0.3 is 0 Å². The second kappa shape index (κ2) is 5.95. The van der Waals surface area contributed by atoms with Gasteiger partial charge in [0.15, 0.2) is 0 Å². The van der Waals surface area contributed by atoms with Gasteiger partial charge in [0.05, 0.1) is 11.4 Å². The van der Waals surface area contributed by atoms with Crippen LogP contribution in [0, 0.1) is 0 Å². The minimum absolute atomic E-state index is 0.429. The number of hydrogen-bond donors (Lipinski definition) is 2.